The Morgan fingerprint density at radius 1 is 0.967 bits per heavy atom. The van der Waals surface area contributed by atoms with Crippen molar-refractivity contribution in [2.45, 2.75) is 83.5 Å². The van der Waals surface area contributed by atoms with Gasteiger partial charge in [-0.15, -0.1) is 0 Å². The lowest BCUT2D eigenvalue weighted by atomic mass is 9.64. The van der Waals surface area contributed by atoms with Crippen molar-refractivity contribution in [3.05, 3.63) is 58.9 Å². The first kappa shape index (κ1) is 21.1. The molecular formula is C28H34FN. The number of halogens is 1. The van der Waals surface area contributed by atoms with Crippen molar-refractivity contribution >= 4 is 0 Å². The minimum atomic E-state index is -0.430. The summed E-state index contributed by atoms with van der Waals surface area (Å²) >= 11 is 0. The van der Waals surface area contributed by atoms with Crippen LogP contribution in [0.1, 0.15) is 93.7 Å². The molecule has 0 aliphatic heterocycles. The van der Waals surface area contributed by atoms with Gasteiger partial charge in [-0.2, -0.15) is 5.26 Å². The van der Waals surface area contributed by atoms with E-state index in [9.17, 15) is 4.39 Å². The van der Waals surface area contributed by atoms with E-state index in [4.69, 9.17) is 5.26 Å². The van der Waals surface area contributed by atoms with Crippen LogP contribution in [0.3, 0.4) is 0 Å². The van der Waals surface area contributed by atoms with Crippen molar-refractivity contribution < 1.29 is 4.39 Å². The molecule has 4 rings (SSSR count). The highest BCUT2D eigenvalue weighted by atomic mass is 19.1. The van der Waals surface area contributed by atoms with Gasteiger partial charge in [-0.1, -0.05) is 69.7 Å². The third-order valence-corrected chi connectivity index (χ3v) is 7.56. The van der Waals surface area contributed by atoms with E-state index in [2.05, 4.69) is 25.1 Å². The SMILES string of the molecule is CCCCCCC[C@@H]1CC[C@@H]2c3ccc(-c4ccc(C#N)c(F)c4)cc3CC[C@H]2C1. The zero-order valence-corrected chi connectivity index (χ0v) is 18.3. The summed E-state index contributed by atoms with van der Waals surface area (Å²) in [6, 6.07) is 13.6. The largest absolute Gasteiger partial charge is 0.206 e. The van der Waals surface area contributed by atoms with Gasteiger partial charge in [0.2, 0.25) is 0 Å². The molecule has 0 N–H and O–H groups in total. The number of aryl methyl sites for hydroxylation is 1. The fraction of sp³-hybridized carbons (Fsp3) is 0.536. The quantitative estimate of drug-likeness (QED) is 0.428. The van der Waals surface area contributed by atoms with E-state index in [1.165, 1.54) is 75.8 Å². The number of nitrogens with zero attached hydrogens (tertiary/aromatic N) is 1. The zero-order valence-electron chi connectivity index (χ0n) is 18.3. The average molecular weight is 404 g/mol. The number of fused-ring (bicyclic) bond motifs is 3. The van der Waals surface area contributed by atoms with Gasteiger partial charge in [-0.25, -0.2) is 4.39 Å². The van der Waals surface area contributed by atoms with Gasteiger partial charge >= 0.3 is 0 Å². The van der Waals surface area contributed by atoms with Gasteiger partial charge in [-0.3, -0.25) is 0 Å². The molecule has 2 aromatic carbocycles. The smallest absolute Gasteiger partial charge is 0.141 e. The van der Waals surface area contributed by atoms with Crippen molar-refractivity contribution in [2.75, 3.05) is 0 Å². The highest BCUT2D eigenvalue weighted by molar-refractivity contribution is 5.66. The number of rotatable bonds is 7. The molecule has 0 heterocycles. The molecular weight excluding hydrogens is 369 g/mol. The molecule has 158 valence electrons. The lowest BCUT2D eigenvalue weighted by Gasteiger charge is -2.41. The Morgan fingerprint density at radius 3 is 2.57 bits per heavy atom. The summed E-state index contributed by atoms with van der Waals surface area (Å²) in [7, 11) is 0. The molecule has 1 nitrogen and oxygen atoms in total. The number of benzene rings is 2. The van der Waals surface area contributed by atoms with E-state index in [1.54, 1.807) is 11.6 Å². The minimum Gasteiger partial charge on any atom is -0.206 e. The second kappa shape index (κ2) is 9.78. The Bertz CT molecular complexity index is 909. The molecule has 2 heteroatoms. The van der Waals surface area contributed by atoms with Crippen LogP contribution in [-0.2, 0) is 6.42 Å². The van der Waals surface area contributed by atoms with Crippen LogP contribution in [0.5, 0.6) is 0 Å². The molecule has 0 radical (unpaired) electrons. The maximum absolute atomic E-state index is 14.1. The summed E-state index contributed by atoms with van der Waals surface area (Å²) in [6.07, 6.45) is 15.0. The molecule has 1 saturated carbocycles. The van der Waals surface area contributed by atoms with Crippen molar-refractivity contribution in [2.24, 2.45) is 11.8 Å². The molecule has 0 spiro atoms. The maximum Gasteiger partial charge on any atom is 0.141 e. The molecule has 1 fully saturated rings. The normalized spacial score (nSPS) is 22.8. The topological polar surface area (TPSA) is 23.8 Å². The summed E-state index contributed by atoms with van der Waals surface area (Å²) in [5.41, 5.74) is 5.04. The molecule has 30 heavy (non-hydrogen) atoms. The second-order valence-corrected chi connectivity index (χ2v) is 9.51. The summed E-state index contributed by atoms with van der Waals surface area (Å²) < 4.78 is 14.1. The molecule has 0 aromatic heterocycles. The molecule has 2 aromatic rings. The van der Waals surface area contributed by atoms with Crippen molar-refractivity contribution in [1.29, 1.82) is 5.26 Å². The summed E-state index contributed by atoms with van der Waals surface area (Å²) in [6.45, 7) is 2.29. The molecule has 3 atom stereocenters. The van der Waals surface area contributed by atoms with Crippen molar-refractivity contribution in [3.8, 4) is 17.2 Å². The summed E-state index contributed by atoms with van der Waals surface area (Å²) in [5, 5.41) is 8.96. The van der Waals surface area contributed by atoms with Crippen molar-refractivity contribution in [1.82, 2.24) is 0 Å². The van der Waals surface area contributed by atoms with Crippen LogP contribution in [0.25, 0.3) is 11.1 Å². The maximum atomic E-state index is 14.1. The monoisotopic (exact) mass is 403 g/mol. The highest BCUT2D eigenvalue weighted by Gasteiger charge is 2.35. The number of unbranched alkanes of at least 4 members (excludes halogenated alkanes) is 4. The lowest BCUT2D eigenvalue weighted by molar-refractivity contribution is 0.199. The molecule has 0 unspecified atom stereocenters. The van der Waals surface area contributed by atoms with Gasteiger partial charge in [0.15, 0.2) is 0 Å². The van der Waals surface area contributed by atoms with E-state index in [0.717, 1.165) is 35.3 Å². The highest BCUT2D eigenvalue weighted by Crippen LogP contribution is 2.48. The van der Waals surface area contributed by atoms with E-state index >= 15 is 0 Å². The van der Waals surface area contributed by atoms with Crippen LogP contribution < -0.4 is 0 Å². The first-order valence-electron chi connectivity index (χ1n) is 12.0. The van der Waals surface area contributed by atoms with E-state index in [1.807, 2.05) is 12.1 Å². The fourth-order valence-corrected chi connectivity index (χ4v) is 5.88. The standard InChI is InChI=1S/C28H34FN/c1-2-3-4-5-6-7-20-8-14-26-23(16-20)10-11-24-17-21(13-15-27(24)26)22-9-12-25(19-30)28(29)18-22/h9,12-13,15,17-18,20,23,26H,2-8,10-11,14,16H2,1H3/t20-,23+,26+/m1/s1. The van der Waals surface area contributed by atoms with Crippen molar-refractivity contribution in [3.63, 3.8) is 0 Å². The Kier molecular flexibility index (Phi) is 6.88. The van der Waals surface area contributed by atoms with Crippen LogP contribution in [0.4, 0.5) is 4.39 Å². The van der Waals surface area contributed by atoms with E-state index in [0.29, 0.717) is 0 Å². The number of hydrogen-bond donors (Lipinski definition) is 0. The first-order chi connectivity index (χ1) is 14.7. The van der Waals surface area contributed by atoms with Crippen LogP contribution in [0.15, 0.2) is 36.4 Å². The molecule has 0 bridgehead atoms. The predicted octanol–water partition coefficient (Wildman–Crippen LogP) is 8.17. The van der Waals surface area contributed by atoms with Gasteiger partial charge in [0.25, 0.3) is 0 Å². The van der Waals surface area contributed by atoms with Gasteiger partial charge < -0.3 is 0 Å². The van der Waals surface area contributed by atoms with E-state index < -0.39 is 5.82 Å². The van der Waals surface area contributed by atoms with Crippen LogP contribution in [-0.4, -0.2) is 0 Å². The van der Waals surface area contributed by atoms with E-state index in [-0.39, 0.29) is 5.56 Å². The zero-order chi connectivity index (χ0) is 20.9. The first-order valence-corrected chi connectivity index (χ1v) is 12.0. The molecule has 2 aliphatic rings. The lowest BCUT2D eigenvalue weighted by Crippen LogP contribution is -2.28. The fourth-order valence-electron chi connectivity index (χ4n) is 5.88. The Hall–Kier alpha value is -2.14. The third-order valence-electron chi connectivity index (χ3n) is 7.56. The Labute approximate surface area is 181 Å². The van der Waals surface area contributed by atoms with Crippen LogP contribution >= 0.6 is 0 Å². The van der Waals surface area contributed by atoms with Crippen LogP contribution in [0, 0.1) is 29.0 Å². The number of hydrogen-bond acceptors (Lipinski definition) is 1. The van der Waals surface area contributed by atoms with Gasteiger partial charge in [0.1, 0.15) is 11.9 Å². The average Bonchev–Trinajstić information content (AvgIpc) is 2.78. The van der Waals surface area contributed by atoms with Gasteiger partial charge in [-0.05, 0) is 84.2 Å². The molecule has 2 aliphatic carbocycles. The van der Waals surface area contributed by atoms with Gasteiger partial charge in [0, 0.05) is 0 Å². The van der Waals surface area contributed by atoms with Crippen LogP contribution in [0.2, 0.25) is 0 Å². The summed E-state index contributed by atoms with van der Waals surface area (Å²) in [4.78, 5) is 0. The number of nitriles is 1. The summed E-state index contributed by atoms with van der Waals surface area (Å²) in [5.74, 6) is 2.08. The second-order valence-electron chi connectivity index (χ2n) is 9.51. The Balaban J connectivity index is 1.41. The third kappa shape index (κ3) is 4.61. The van der Waals surface area contributed by atoms with Gasteiger partial charge in [0.05, 0.1) is 5.56 Å². The Morgan fingerprint density at radius 2 is 1.77 bits per heavy atom. The molecule has 0 saturated heterocycles. The molecule has 0 amide bonds. The predicted molar refractivity (Wildman–Crippen MR) is 122 cm³/mol. The minimum absolute atomic E-state index is 0.113.